The predicted molar refractivity (Wildman–Crippen MR) is 70.5 cm³/mol. The van der Waals surface area contributed by atoms with E-state index in [1.54, 1.807) is 0 Å². The molecule has 1 amide bonds. The first kappa shape index (κ1) is 14.4. The number of hydrogen-bond acceptors (Lipinski definition) is 3. The Morgan fingerprint density at radius 3 is 2.78 bits per heavy atom. The second kappa shape index (κ2) is 7.63. The molecule has 0 aliphatic heterocycles. The van der Waals surface area contributed by atoms with E-state index in [1.807, 2.05) is 6.92 Å². The van der Waals surface area contributed by atoms with Crippen LogP contribution in [0.5, 0.6) is 0 Å². The second-order valence-corrected chi connectivity index (χ2v) is 4.53. The number of amides is 1. The van der Waals surface area contributed by atoms with E-state index < -0.39 is 0 Å². The molecule has 0 spiro atoms. The van der Waals surface area contributed by atoms with Crippen LogP contribution in [-0.2, 0) is 0 Å². The Labute approximate surface area is 107 Å². The number of H-pyrrole nitrogens is 1. The predicted octanol–water partition coefficient (Wildman–Crippen LogP) is 1.86. The van der Waals surface area contributed by atoms with Crippen LogP contribution >= 0.6 is 0 Å². The SMILES string of the molecule is CCCCCCC(C)NC(=O)c1ccc(=O)[nH]n1. The van der Waals surface area contributed by atoms with Crippen molar-refractivity contribution in [2.24, 2.45) is 0 Å². The summed E-state index contributed by atoms with van der Waals surface area (Å²) in [5, 5.41) is 8.81. The summed E-state index contributed by atoms with van der Waals surface area (Å²) in [7, 11) is 0. The van der Waals surface area contributed by atoms with Crippen molar-refractivity contribution < 1.29 is 4.79 Å². The normalized spacial score (nSPS) is 12.1. The van der Waals surface area contributed by atoms with Crippen molar-refractivity contribution in [3.8, 4) is 0 Å². The third-order valence-electron chi connectivity index (χ3n) is 2.78. The van der Waals surface area contributed by atoms with E-state index in [-0.39, 0.29) is 23.2 Å². The average molecular weight is 251 g/mol. The fourth-order valence-electron chi connectivity index (χ4n) is 1.72. The minimum absolute atomic E-state index is 0.128. The maximum Gasteiger partial charge on any atom is 0.271 e. The van der Waals surface area contributed by atoms with Crippen LogP contribution in [0.2, 0.25) is 0 Å². The van der Waals surface area contributed by atoms with Gasteiger partial charge in [0.15, 0.2) is 0 Å². The molecule has 0 saturated carbocycles. The number of hydrogen-bond donors (Lipinski definition) is 2. The summed E-state index contributed by atoms with van der Waals surface area (Å²) in [5.41, 5.74) is -0.0610. The van der Waals surface area contributed by atoms with E-state index in [2.05, 4.69) is 22.4 Å². The summed E-state index contributed by atoms with van der Waals surface area (Å²) in [6.45, 7) is 4.16. The molecule has 0 fully saturated rings. The third kappa shape index (κ3) is 5.12. The fraction of sp³-hybridized carbons (Fsp3) is 0.615. The van der Waals surface area contributed by atoms with Gasteiger partial charge in [-0.1, -0.05) is 32.6 Å². The van der Waals surface area contributed by atoms with Gasteiger partial charge >= 0.3 is 0 Å². The molecule has 1 unspecified atom stereocenters. The van der Waals surface area contributed by atoms with E-state index in [0.717, 1.165) is 12.8 Å². The zero-order chi connectivity index (χ0) is 13.4. The number of aromatic nitrogens is 2. The summed E-state index contributed by atoms with van der Waals surface area (Å²) < 4.78 is 0. The molecule has 1 aromatic rings. The van der Waals surface area contributed by atoms with Gasteiger partial charge in [-0.3, -0.25) is 9.59 Å². The van der Waals surface area contributed by atoms with Gasteiger partial charge in [0.25, 0.3) is 11.5 Å². The zero-order valence-corrected chi connectivity index (χ0v) is 11.0. The Kier molecular flexibility index (Phi) is 6.11. The summed E-state index contributed by atoms with van der Waals surface area (Å²) in [6, 6.07) is 2.86. The van der Waals surface area contributed by atoms with Crippen molar-refractivity contribution in [1.29, 1.82) is 0 Å². The number of carbonyl (C=O) groups is 1. The van der Waals surface area contributed by atoms with E-state index in [0.29, 0.717) is 0 Å². The topological polar surface area (TPSA) is 74.8 Å². The molecular weight excluding hydrogens is 230 g/mol. The maximum atomic E-state index is 11.8. The Hall–Kier alpha value is -1.65. The minimum Gasteiger partial charge on any atom is -0.348 e. The molecule has 1 rings (SSSR count). The van der Waals surface area contributed by atoms with Gasteiger partial charge < -0.3 is 5.32 Å². The van der Waals surface area contributed by atoms with Crippen LogP contribution in [0, 0.1) is 0 Å². The van der Waals surface area contributed by atoms with Gasteiger partial charge in [0.05, 0.1) is 0 Å². The zero-order valence-electron chi connectivity index (χ0n) is 11.0. The van der Waals surface area contributed by atoms with Crippen molar-refractivity contribution >= 4 is 5.91 Å². The molecule has 5 heteroatoms. The fourth-order valence-corrected chi connectivity index (χ4v) is 1.72. The highest BCUT2D eigenvalue weighted by Gasteiger charge is 2.10. The minimum atomic E-state index is -0.306. The molecular formula is C13H21N3O2. The summed E-state index contributed by atoms with van der Waals surface area (Å²) in [4.78, 5) is 22.6. The molecule has 0 radical (unpaired) electrons. The van der Waals surface area contributed by atoms with E-state index in [4.69, 9.17) is 0 Å². The lowest BCUT2D eigenvalue weighted by Crippen LogP contribution is -2.33. The van der Waals surface area contributed by atoms with E-state index in [9.17, 15) is 9.59 Å². The van der Waals surface area contributed by atoms with E-state index in [1.165, 1.54) is 31.4 Å². The Bertz CT molecular complexity index is 408. The molecule has 0 aliphatic carbocycles. The lowest BCUT2D eigenvalue weighted by Gasteiger charge is -2.12. The molecule has 1 atom stereocenters. The molecule has 18 heavy (non-hydrogen) atoms. The van der Waals surface area contributed by atoms with Crippen molar-refractivity contribution in [2.45, 2.75) is 52.0 Å². The number of nitrogens with zero attached hydrogens (tertiary/aromatic N) is 1. The molecule has 0 aliphatic rings. The Balaban J connectivity index is 2.35. The first-order chi connectivity index (χ1) is 8.63. The molecule has 1 heterocycles. The Morgan fingerprint density at radius 1 is 1.39 bits per heavy atom. The van der Waals surface area contributed by atoms with Gasteiger partial charge in [-0.2, -0.15) is 5.10 Å². The molecule has 1 aromatic heterocycles. The van der Waals surface area contributed by atoms with Crippen molar-refractivity contribution in [1.82, 2.24) is 15.5 Å². The molecule has 100 valence electrons. The second-order valence-electron chi connectivity index (χ2n) is 4.53. The van der Waals surface area contributed by atoms with Gasteiger partial charge in [0.1, 0.15) is 5.69 Å². The number of unbranched alkanes of at least 4 members (excludes halogenated alkanes) is 3. The number of nitrogens with one attached hydrogen (secondary N) is 2. The van der Waals surface area contributed by atoms with Gasteiger partial charge in [0.2, 0.25) is 0 Å². The van der Waals surface area contributed by atoms with Gasteiger partial charge in [-0.25, -0.2) is 5.10 Å². The average Bonchev–Trinajstić information content (AvgIpc) is 2.35. The summed E-state index contributed by atoms with van der Waals surface area (Å²) in [6.07, 6.45) is 5.74. The quantitative estimate of drug-likeness (QED) is 0.726. The van der Waals surface area contributed by atoms with Crippen LogP contribution in [0.4, 0.5) is 0 Å². The maximum absolute atomic E-state index is 11.8. The standard InChI is InChI=1S/C13H21N3O2/c1-3-4-5-6-7-10(2)14-13(18)11-8-9-12(17)16-15-11/h8-10H,3-7H2,1-2H3,(H,14,18)(H,16,17). The van der Waals surface area contributed by atoms with E-state index >= 15 is 0 Å². The van der Waals surface area contributed by atoms with Crippen LogP contribution in [-0.4, -0.2) is 22.1 Å². The summed E-state index contributed by atoms with van der Waals surface area (Å²) >= 11 is 0. The first-order valence-corrected chi connectivity index (χ1v) is 6.50. The van der Waals surface area contributed by atoms with Gasteiger partial charge in [0, 0.05) is 12.1 Å². The van der Waals surface area contributed by atoms with Gasteiger partial charge in [-0.15, -0.1) is 0 Å². The molecule has 0 aromatic carbocycles. The van der Waals surface area contributed by atoms with Crippen molar-refractivity contribution in [2.75, 3.05) is 0 Å². The molecule has 0 bridgehead atoms. The van der Waals surface area contributed by atoms with Crippen LogP contribution in [0.3, 0.4) is 0 Å². The molecule has 5 nitrogen and oxygen atoms in total. The Morgan fingerprint density at radius 2 is 2.17 bits per heavy atom. The number of rotatable bonds is 7. The van der Waals surface area contributed by atoms with Crippen LogP contribution < -0.4 is 10.9 Å². The van der Waals surface area contributed by atoms with Crippen LogP contribution in [0.15, 0.2) is 16.9 Å². The molecule has 2 N–H and O–H groups in total. The first-order valence-electron chi connectivity index (χ1n) is 6.50. The van der Waals surface area contributed by atoms with Crippen molar-refractivity contribution in [3.63, 3.8) is 0 Å². The highest BCUT2D eigenvalue weighted by Crippen LogP contribution is 2.05. The lowest BCUT2D eigenvalue weighted by molar-refractivity contribution is 0.0931. The van der Waals surface area contributed by atoms with Gasteiger partial charge in [-0.05, 0) is 19.4 Å². The highest BCUT2D eigenvalue weighted by molar-refractivity contribution is 5.92. The largest absolute Gasteiger partial charge is 0.348 e. The number of carbonyl (C=O) groups excluding carboxylic acids is 1. The molecule has 0 saturated heterocycles. The monoisotopic (exact) mass is 251 g/mol. The highest BCUT2D eigenvalue weighted by atomic mass is 16.2. The smallest absolute Gasteiger partial charge is 0.271 e. The van der Waals surface area contributed by atoms with Crippen molar-refractivity contribution in [3.05, 3.63) is 28.2 Å². The number of aromatic amines is 1. The summed E-state index contributed by atoms with van der Waals surface area (Å²) in [5.74, 6) is -0.241. The van der Waals surface area contributed by atoms with Crippen LogP contribution in [0.1, 0.15) is 56.4 Å². The van der Waals surface area contributed by atoms with Crippen LogP contribution in [0.25, 0.3) is 0 Å². The third-order valence-corrected chi connectivity index (χ3v) is 2.78. The lowest BCUT2D eigenvalue weighted by atomic mass is 10.1.